The van der Waals surface area contributed by atoms with Crippen molar-refractivity contribution >= 4 is 11.3 Å². The van der Waals surface area contributed by atoms with Gasteiger partial charge in [0.15, 0.2) is 0 Å². The molecule has 0 N–H and O–H groups in total. The van der Waals surface area contributed by atoms with E-state index in [0.717, 1.165) is 12.8 Å². The molecule has 0 spiro atoms. The lowest BCUT2D eigenvalue weighted by Crippen LogP contribution is -2.31. The van der Waals surface area contributed by atoms with Gasteiger partial charge in [0, 0.05) is 0 Å². The van der Waals surface area contributed by atoms with Gasteiger partial charge in [0.2, 0.25) is 0 Å². The minimum atomic E-state index is -0.0972. The zero-order chi connectivity index (χ0) is 7.73. The van der Waals surface area contributed by atoms with Crippen LogP contribution >= 0.6 is 11.3 Å². The first-order valence-corrected chi connectivity index (χ1v) is 4.76. The third-order valence-corrected chi connectivity index (χ3v) is 3.18. The molecule has 0 saturated heterocycles. The van der Waals surface area contributed by atoms with Gasteiger partial charge in [0.25, 0.3) is 0 Å². The van der Waals surface area contributed by atoms with Crippen LogP contribution in [0.15, 0.2) is 16.8 Å². The normalized spacial score (nSPS) is 20.3. The van der Waals surface area contributed by atoms with Gasteiger partial charge in [-0.2, -0.15) is 16.6 Å². The highest BCUT2D eigenvalue weighted by molar-refractivity contribution is 7.08. The van der Waals surface area contributed by atoms with Crippen LogP contribution in [-0.4, -0.2) is 0 Å². The predicted molar refractivity (Wildman–Crippen MR) is 45.5 cm³/mol. The van der Waals surface area contributed by atoms with Crippen LogP contribution in [0.5, 0.6) is 0 Å². The molecule has 1 aliphatic rings. The van der Waals surface area contributed by atoms with E-state index >= 15 is 0 Å². The maximum absolute atomic E-state index is 8.96. The van der Waals surface area contributed by atoms with Gasteiger partial charge in [0.05, 0.1) is 11.5 Å². The average Bonchev–Trinajstić information content (AvgIpc) is 2.39. The highest BCUT2D eigenvalue weighted by Crippen LogP contribution is 2.43. The first-order chi connectivity index (χ1) is 5.37. The Morgan fingerprint density at radius 2 is 2.36 bits per heavy atom. The minimum Gasteiger partial charge on any atom is -0.197 e. The molecular weight excluding hydrogens is 154 g/mol. The largest absolute Gasteiger partial charge is 0.197 e. The molecule has 1 heterocycles. The molecule has 0 aromatic carbocycles. The lowest BCUT2D eigenvalue weighted by Gasteiger charge is -2.34. The summed E-state index contributed by atoms with van der Waals surface area (Å²) in [6, 6.07) is 4.50. The van der Waals surface area contributed by atoms with Gasteiger partial charge in [-0.15, -0.1) is 0 Å². The van der Waals surface area contributed by atoms with E-state index in [4.69, 9.17) is 5.26 Å². The third-order valence-electron chi connectivity index (χ3n) is 2.49. The Kier molecular flexibility index (Phi) is 1.47. The first-order valence-electron chi connectivity index (χ1n) is 3.81. The van der Waals surface area contributed by atoms with Crippen molar-refractivity contribution in [3.63, 3.8) is 0 Å². The Morgan fingerprint density at radius 3 is 2.73 bits per heavy atom. The number of hydrogen-bond donors (Lipinski definition) is 0. The minimum absolute atomic E-state index is 0.0972. The van der Waals surface area contributed by atoms with Crippen molar-refractivity contribution in [2.24, 2.45) is 0 Å². The average molecular weight is 163 g/mol. The number of hydrogen-bond acceptors (Lipinski definition) is 2. The van der Waals surface area contributed by atoms with Crippen molar-refractivity contribution in [1.29, 1.82) is 5.26 Å². The highest BCUT2D eigenvalue weighted by Gasteiger charge is 2.38. The summed E-state index contributed by atoms with van der Waals surface area (Å²) in [5, 5.41) is 13.1. The lowest BCUT2D eigenvalue weighted by atomic mass is 9.66. The molecule has 1 fully saturated rings. The van der Waals surface area contributed by atoms with Crippen molar-refractivity contribution in [2.75, 3.05) is 0 Å². The van der Waals surface area contributed by atoms with E-state index in [2.05, 4.69) is 17.5 Å². The maximum Gasteiger partial charge on any atom is 0.0830 e. The van der Waals surface area contributed by atoms with Crippen LogP contribution in [-0.2, 0) is 5.41 Å². The van der Waals surface area contributed by atoms with Gasteiger partial charge < -0.3 is 0 Å². The lowest BCUT2D eigenvalue weighted by molar-refractivity contribution is 0.325. The predicted octanol–water partition coefficient (Wildman–Crippen LogP) is 2.69. The smallest absolute Gasteiger partial charge is 0.0830 e. The van der Waals surface area contributed by atoms with E-state index in [1.54, 1.807) is 11.3 Å². The van der Waals surface area contributed by atoms with Crippen LogP contribution < -0.4 is 0 Å². The Morgan fingerprint density at radius 1 is 1.55 bits per heavy atom. The van der Waals surface area contributed by atoms with Crippen molar-refractivity contribution in [3.8, 4) is 6.07 Å². The Hall–Kier alpha value is -0.810. The summed E-state index contributed by atoms with van der Waals surface area (Å²) in [6.07, 6.45) is 3.32. The molecule has 56 valence electrons. The molecular formula is C9H9NS. The van der Waals surface area contributed by atoms with Crippen LogP contribution in [0.2, 0.25) is 0 Å². The first kappa shape index (κ1) is 6.87. The molecule has 2 heteroatoms. The second-order valence-electron chi connectivity index (χ2n) is 3.06. The van der Waals surface area contributed by atoms with Crippen molar-refractivity contribution < 1.29 is 0 Å². The van der Waals surface area contributed by atoms with Gasteiger partial charge >= 0.3 is 0 Å². The maximum atomic E-state index is 8.96. The molecule has 1 aliphatic carbocycles. The Bertz CT molecular complexity index is 277. The van der Waals surface area contributed by atoms with Crippen molar-refractivity contribution in [1.82, 2.24) is 0 Å². The summed E-state index contributed by atoms with van der Waals surface area (Å²) in [7, 11) is 0. The monoisotopic (exact) mass is 163 g/mol. The molecule has 1 saturated carbocycles. The quantitative estimate of drug-likeness (QED) is 0.624. The van der Waals surface area contributed by atoms with E-state index in [0.29, 0.717) is 0 Å². The summed E-state index contributed by atoms with van der Waals surface area (Å²) in [5.41, 5.74) is 1.14. The molecule has 0 aliphatic heterocycles. The van der Waals surface area contributed by atoms with Gasteiger partial charge in [0.1, 0.15) is 0 Å². The van der Waals surface area contributed by atoms with E-state index in [9.17, 15) is 0 Å². The number of nitrogens with zero attached hydrogens (tertiary/aromatic N) is 1. The molecule has 1 aromatic heterocycles. The second kappa shape index (κ2) is 2.35. The molecule has 0 bridgehead atoms. The van der Waals surface area contributed by atoms with Crippen LogP contribution in [0.3, 0.4) is 0 Å². The topological polar surface area (TPSA) is 23.8 Å². The van der Waals surface area contributed by atoms with Gasteiger partial charge in [-0.1, -0.05) is 0 Å². The van der Waals surface area contributed by atoms with E-state index in [1.807, 2.05) is 5.38 Å². The number of thiophene rings is 1. The van der Waals surface area contributed by atoms with Crippen molar-refractivity contribution in [2.45, 2.75) is 24.7 Å². The van der Waals surface area contributed by atoms with Crippen LogP contribution in [0, 0.1) is 11.3 Å². The number of nitriles is 1. The van der Waals surface area contributed by atoms with Crippen molar-refractivity contribution in [3.05, 3.63) is 22.4 Å². The van der Waals surface area contributed by atoms with Crippen LogP contribution in [0.25, 0.3) is 0 Å². The molecule has 0 unspecified atom stereocenters. The second-order valence-corrected chi connectivity index (χ2v) is 3.84. The molecule has 1 aromatic rings. The van der Waals surface area contributed by atoms with E-state index in [-0.39, 0.29) is 5.41 Å². The standard InChI is InChI=1S/C9H9NS/c10-7-9(3-1-4-9)8-2-5-11-6-8/h2,5-6H,1,3-4H2. The SMILES string of the molecule is N#CC1(c2ccsc2)CCC1. The highest BCUT2D eigenvalue weighted by atomic mass is 32.1. The summed E-state index contributed by atoms with van der Waals surface area (Å²) >= 11 is 1.68. The fraction of sp³-hybridized carbons (Fsp3) is 0.444. The molecule has 0 atom stereocenters. The van der Waals surface area contributed by atoms with Crippen LogP contribution in [0.1, 0.15) is 24.8 Å². The summed E-state index contributed by atoms with van der Waals surface area (Å²) in [4.78, 5) is 0. The fourth-order valence-electron chi connectivity index (χ4n) is 1.53. The number of rotatable bonds is 1. The summed E-state index contributed by atoms with van der Waals surface area (Å²) in [5.74, 6) is 0. The summed E-state index contributed by atoms with van der Waals surface area (Å²) in [6.45, 7) is 0. The molecule has 2 rings (SSSR count). The van der Waals surface area contributed by atoms with Gasteiger partial charge in [-0.05, 0) is 41.7 Å². The zero-order valence-electron chi connectivity index (χ0n) is 6.21. The molecule has 11 heavy (non-hydrogen) atoms. The van der Waals surface area contributed by atoms with E-state index in [1.165, 1.54) is 12.0 Å². The Balaban J connectivity index is 2.34. The fourth-order valence-corrected chi connectivity index (χ4v) is 2.29. The molecule has 0 amide bonds. The Labute approximate surface area is 70.3 Å². The molecule has 1 nitrogen and oxygen atoms in total. The van der Waals surface area contributed by atoms with Crippen LogP contribution in [0.4, 0.5) is 0 Å². The van der Waals surface area contributed by atoms with Gasteiger partial charge in [-0.25, -0.2) is 0 Å². The summed E-state index contributed by atoms with van der Waals surface area (Å²) < 4.78 is 0. The third kappa shape index (κ3) is 0.883. The van der Waals surface area contributed by atoms with Gasteiger partial charge in [-0.3, -0.25) is 0 Å². The zero-order valence-corrected chi connectivity index (χ0v) is 7.03. The molecule has 0 radical (unpaired) electrons. The van der Waals surface area contributed by atoms with E-state index < -0.39 is 0 Å².